The second-order valence-corrected chi connectivity index (χ2v) is 14.4. The molecule has 0 saturated carbocycles. The van der Waals surface area contributed by atoms with Gasteiger partial charge in [-0.3, -0.25) is 24.4 Å². The first-order valence-electron chi connectivity index (χ1n) is 17.2. The number of pyridine rings is 1. The zero-order valence-electron chi connectivity index (χ0n) is 29.2. The highest BCUT2D eigenvalue weighted by Gasteiger charge is 2.48. The number of nitrogens with one attached hydrogen (secondary N) is 1. The maximum atomic E-state index is 14.2. The standard InChI is InChI=1S/C39H38ClFN6O6/c1-23-7-3-4-8-27(23)28-9-5-11-39(34(28)40,37-44-29-14-24(13-25(16-42)33(29)53-37)18-46-21-38(51,20-41)22-46)45-35(48)30-15-32(52-2)26(17-43-30)19-47-12-6-10-31(47)36(49)50/h3-5,7-9,11,13-15,17,31,34,51H,6,10,12,18-22H2,1-2H3,(H,45,48)(H,49,50)/t31-,34?,39?/m0/s1. The average Bonchev–Trinajstić information content (AvgIpc) is 3.80. The minimum Gasteiger partial charge on any atom is -0.496 e. The van der Waals surface area contributed by atoms with E-state index in [9.17, 15) is 29.5 Å². The monoisotopic (exact) mass is 740 g/mol. The third-order valence-electron chi connectivity index (χ3n) is 10.2. The van der Waals surface area contributed by atoms with Crippen LogP contribution in [0.5, 0.6) is 5.75 Å². The molecule has 0 bridgehead atoms. The largest absolute Gasteiger partial charge is 0.496 e. The number of aliphatic hydroxyl groups is 1. The topological polar surface area (TPSA) is 165 Å². The van der Waals surface area contributed by atoms with Gasteiger partial charge in [0.1, 0.15) is 41.3 Å². The van der Waals surface area contributed by atoms with Gasteiger partial charge in [0, 0.05) is 44.0 Å². The van der Waals surface area contributed by atoms with E-state index in [1.54, 1.807) is 24.3 Å². The van der Waals surface area contributed by atoms with Gasteiger partial charge in [-0.1, -0.05) is 36.4 Å². The van der Waals surface area contributed by atoms with E-state index in [1.807, 2.05) is 47.1 Å². The van der Waals surface area contributed by atoms with E-state index in [0.717, 1.165) is 23.1 Å². The van der Waals surface area contributed by atoms with E-state index in [-0.39, 0.29) is 42.4 Å². The first kappa shape index (κ1) is 36.2. The number of halogens is 2. The number of benzene rings is 2. The molecule has 0 spiro atoms. The molecule has 2 unspecified atom stereocenters. The average molecular weight is 741 g/mol. The Kier molecular flexibility index (Phi) is 9.82. The normalized spacial score (nSPS) is 22.6. The summed E-state index contributed by atoms with van der Waals surface area (Å²) in [5, 5.41) is 32.1. The second kappa shape index (κ2) is 14.4. The summed E-state index contributed by atoms with van der Waals surface area (Å²) in [5.74, 6) is -1.08. The Hall–Kier alpha value is -5.13. The molecule has 2 aromatic heterocycles. The Balaban J connectivity index is 1.25. The van der Waals surface area contributed by atoms with Gasteiger partial charge in [0.15, 0.2) is 11.1 Å². The Morgan fingerprint density at radius 3 is 2.74 bits per heavy atom. The van der Waals surface area contributed by atoms with Crippen molar-refractivity contribution in [3.8, 4) is 11.8 Å². The molecule has 4 aromatic rings. The fourth-order valence-corrected chi connectivity index (χ4v) is 7.94. The number of carbonyl (C=O) groups is 2. The Labute approximate surface area is 310 Å². The lowest BCUT2D eigenvalue weighted by atomic mass is 9.81. The molecule has 14 heteroatoms. The third kappa shape index (κ3) is 6.79. The van der Waals surface area contributed by atoms with E-state index in [2.05, 4.69) is 16.4 Å². The molecule has 2 fully saturated rings. The van der Waals surface area contributed by atoms with Crippen LogP contribution < -0.4 is 10.1 Å². The van der Waals surface area contributed by atoms with Gasteiger partial charge >= 0.3 is 5.97 Å². The molecule has 3 N–H and O–H groups in total. The number of carboxylic acids is 1. The van der Waals surface area contributed by atoms with Crippen LogP contribution in [0.1, 0.15) is 57.0 Å². The number of hydrogen-bond donors (Lipinski definition) is 3. The number of carboxylic acid groups (broad SMARTS) is 1. The SMILES string of the molecule is COc1cc(C(=O)NC2(c3nc4cc(CN5CC(O)(CF)C5)cc(C#N)c4o3)C=CC=C(c3ccccc3C)C2Cl)ncc1CN1CCC[C@H]1C(=O)O. The van der Waals surface area contributed by atoms with Gasteiger partial charge in [0.05, 0.1) is 18.1 Å². The molecule has 3 atom stereocenters. The molecular formula is C39H38ClFN6O6. The lowest BCUT2D eigenvalue weighted by Crippen LogP contribution is -2.62. The van der Waals surface area contributed by atoms with Gasteiger partial charge in [-0.15, -0.1) is 11.6 Å². The van der Waals surface area contributed by atoms with Crippen molar-refractivity contribution in [2.24, 2.45) is 0 Å². The van der Waals surface area contributed by atoms with E-state index in [0.29, 0.717) is 41.9 Å². The molecule has 3 aliphatic rings. The number of ether oxygens (including phenoxy) is 1. The van der Waals surface area contributed by atoms with Crippen LogP contribution in [0.15, 0.2) is 71.3 Å². The number of alkyl halides is 2. The number of aromatic nitrogens is 2. The van der Waals surface area contributed by atoms with Gasteiger partial charge in [-0.2, -0.15) is 5.26 Å². The number of amides is 1. The second-order valence-electron chi connectivity index (χ2n) is 14.0. The van der Waals surface area contributed by atoms with Crippen LogP contribution in [-0.2, 0) is 23.4 Å². The highest BCUT2D eigenvalue weighted by molar-refractivity contribution is 6.28. The maximum absolute atomic E-state index is 14.2. The number of carbonyl (C=O) groups excluding carboxylic acids is 1. The summed E-state index contributed by atoms with van der Waals surface area (Å²) in [6, 6.07) is 14.2. The highest BCUT2D eigenvalue weighted by Crippen LogP contribution is 2.43. The number of β-amino-alcohol motifs (C(OH)–C–C–N with tert-alkyl or cyclic N) is 1. The van der Waals surface area contributed by atoms with E-state index >= 15 is 0 Å². The van der Waals surface area contributed by atoms with E-state index in [1.165, 1.54) is 19.4 Å². The van der Waals surface area contributed by atoms with Crippen LogP contribution in [0.4, 0.5) is 4.39 Å². The molecule has 274 valence electrons. The molecule has 2 saturated heterocycles. The zero-order valence-corrected chi connectivity index (χ0v) is 29.9. The van der Waals surface area contributed by atoms with Gasteiger partial charge in [-0.25, -0.2) is 9.37 Å². The lowest BCUT2D eigenvalue weighted by Gasteiger charge is -2.44. The van der Waals surface area contributed by atoms with Gasteiger partial charge < -0.3 is 24.7 Å². The molecule has 2 aliphatic heterocycles. The number of nitriles is 1. The number of fused-ring (bicyclic) bond motifs is 1. The van der Waals surface area contributed by atoms with Crippen molar-refractivity contribution in [3.05, 3.63) is 106 Å². The first-order chi connectivity index (χ1) is 25.5. The molecule has 2 aromatic carbocycles. The fraction of sp³-hybridized carbons (Fsp3) is 0.359. The van der Waals surface area contributed by atoms with Crippen molar-refractivity contribution in [1.82, 2.24) is 25.1 Å². The fourth-order valence-electron chi connectivity index (χ4n) is 7.53. The van der Waals surface area contributed by atoms with Crippen LogP contribution in [0.3, 0.4) is 0 Å². The highest BCUT2D eigenvalue weighted by atomic mass is 35.5. The molecular weight excluding hydrogens is 703 g/mol. The van der Waals surface area contributed by atoms with Gasteiger partial charge in [0.2, 0.25) is 5.89 Å². The lowest BCUT2D eigenvalue weighted by molar-refractivity contribution is -0.142. The number of rotatable bonds is 11. The van der Waals surface area contributed by atoms with Crippen LogP contribution in [0.25, 0.3) is 16.7 Å². The number of oxazole rings is 1. The van der Waals surface area contributed by atoms with Crippen LogP contribution in [0, 0.1) is 18.3 Å². The van der Waals surface area contributed by atoms with Crippen molar-refractivity contribution in [2.45, 2.75) is 55.4 Å². The van der Waals surface area contributed by atoms with Gasteiger partial charge in [0.25, 0.3) is 5.91 Å². The molecule has 1 aliphatic carbocycles. The number of methoxy groups -OCH3 is 1. The minimum absolute atomic E-state index is 0.0179. The molecule has 1 amide bonds. The summed E-state index contributed by atoms with van der Waals surface area (Å²) in [5.41, 5.74) is 1.75. The Morgan fingerprint density at radius 2 is 2.02 bits per heavy atom. The minimum atomic E-state index is -1.57. The van der Waals surface area contributed by atoms with Crippen LogP contribution in [-0.4, -0.2) is 92.3 Å². The van der Waals surface area contributed by atoms with Crippen molar-refractivity contribution in [1.29, 1.82) is 5.26 Å². The third-order valence-corrected chi connectivity index (χ3v) is 10.8. The Morgan fingerprint density at radius 1 is 1.23 bits per heavy atom. The van der Waals surface area contributed by atoms with E-state index < -0.39 is 41.1 Å². The van der Waals surface area contributed by atoms with Crippen molar-refractivity contribution < 1.29 is 33.3 Å². The predicted octanol–water partition coefficient (Wildman–Crippen LogP) is 4.86. The maximum Gasteiger partial charge on any atom is 0.320 e. The summed E-state index contributed by atoms with van der Waals surface area (Å²) in [6.45, 7) is 2.71. The number of aryl methyl sites for hydroxylation is 1. The van der Waals surface area contributed by atoms with E-state index in [4.69, 9.17) is 25.7 Å². The number of likely N-dealkylation sites (tertiary alicyclic amines) is 2. The smallest absolute Gasteiger partial charge is 0.320 e. The summed E-state index contributed by atoms with van der Waals surface area (Å²) < 4.78 is 25.2. The summed E-state index contributed by atoms with van der Waals surface area (Å²) in [4.78, 5) is 39.0. The Bertz CT molecular complexity index is 2190. The summed E-state index contributed by atoms with van der Waals surface area (Å²) in [7, 11) is 1.47. The number of nitrogens with zero attached hydrogens (tertiary/aromatic N) is 5. The van der Waals surface area contributed by atoms with Crippen LogP contribution >= 0.6 is 11.6 Å². The van der Waals surface area contributed by atoms with Gasteiger partial charge in [-0.05, 0) is 66.8 Å². The first-order valence-corrected chi connectivity index (χ1v) is 17.7. The number of hydrogen-bond acceptors (Lipinski definition) is 10. The predicted molar refractivity (Wildman–Crippen MR) is 194 cm³/mol. The molecule has 4 heterocycles. The number of aliphatic carboxylic acids is 1. The van der Waals surface area contributed by atoms with Crippen molar-refractivity contribution in [3.63, 3.8) is 0 Å². The molecule has 7 rings (SSSR count). The molecule has 53 heavy (non-hydrogen) atoms. The molecule has 0 radical (unpaired) electrons. The quantitative estimate of drug-likeness (QED) is 0.180. The van der Waals surface area contributed by atoms with Crippen LogP contribution in [0.2, 0.25) is 0 Å². The zero-order chi connectivity index (χ0) is 37.5. The van der Waals surface area contributed by atoms with Crippen molar-refractivity contribution >= 4 is 40.2 Å². The number of allylic oxidation sites excluding steroid dienone is 2. The van der Waals surface area contributed by atoms with Crippen molar-refractivity contribution in [2.75, 3.05) is 33.4 Å². The molecule has 12 nitrogen and oxygen atoms in total. The summed E-state index contributed by atoms with van der Waals surface area (Å²) >= 11 is 7.41. The summed E-state index contributed by atoms with van der Waals surface area (Å²) in [6.07, 6.45) is 8.17.